The van der Waals surface area contributed by atoms with Crippen LogP contribution in [0.1, 0.15) is 18.1 Å². The first-order valence-electron chi connectivity index (χ1n) is 7.96. The molecule has 1 heterocycles. The standard InChI is InChI=1S/C18H22F2N4O/c1-12(9-14-15(19)5-4-6-16(14)20)23-18(25)22-11-13-7-8-17(21-10-13)24(2)3/h4-8,10,12H,9,11H2,1-3H3,(H2,22,23,25). The number of benzene rings is 1. The second-order valence-corrected chi connectivity index (χ2v) is 6.05. The molecule has 0 aliphatic rings. The Morgan fingerprint density at radius 3 is 2.44 bits per heavy atom. The Kier molecular flexibility index (Phi) is 6.27. The van der Waals surface area contributed by atoms with Gasteiger partial charge in [-0.15, -0.1) is 0 Å². The Balaban J connectivity index is 1.83. The summed E-state index contributed by atoms with van der Waals surface area (Å²) in [7, 11) is 3.79. The highest BCUT2D eigenvalue weighted by molar-refractivity contribution is 5.74. The van der Waals surface area contributed by atoms with E-state index in [2.05, 4.69) is 15.6 Å². The molecule has 7 heteroatoms. The number of hydrogen-bond acceptors (Lipinski definition) is 3. The van der Waals surface area contributed by atoms with Crippen LogP contribution in [0.3, 0.4) is 0 Å². The molecule has 0 saturated heterocycles. The number of rotatable bonds is 6. The molecule has 5 nitrogen and oxygen atoms in total. The van der Waals surface area contributed by atoms with Crippen LogP contribution < -0.4 is 15.5 Å². The van der Waals surface area contributed by atoms with Gasteiger partial charge in [0.05, 0.1) is 0 Å². The van der Waals surface area contributed by atoms with Crippen LogP contribution in [-0.4, -0.2) is 31.2 Å². The summed E-state index contributed by atoms with van der Waals surface area (Å²) in [5.74, 6) is -0.393. The Hall–Kier alpha value is -2.70. The van der Waals surface area contributed by atoms with Crippen molar-refractivity contribution >= 4 is 11.8 Å². The average molecular weight is 348 g/mol. The van der Waals surface area contributed by atoms with E-state index in [1.807, 2.05) is 31.1 Å². The van der Waals surface area contributed by atoms with Crippen molar-refractivity contribution in [2.45, 2.75) is 25.9 Å². The molecule has 1 aromatic heterocycles. The smallest absolute Gasteiger partial charge is 0.315 e. The van der Waals surface area contributed by atoms with E-state index < -0.39 is 23.7 Å². The van der Waals surface area contributed by atoms with E-state index >= 15 is 0 Å². The maximum absolute atomic E-state index is 13.6. The molecule has 2 aromatic rings. The van der Waals surface area contributed by atoms with Gasteiger partial charge in [0.15, 0.2) is 0 Å². The zero-order chi connectivity index (χ0) is 18.4. The third-order valence-electron chi connectivity index (χ3n) is 3.67. The van der Waals surface area contributed by atoms with E-state index in [1.54, 1.807) is 13.1 Å². The van der Waals surface area contributed by atoms with Crippen molar-refractivity contribution < 1.29 is 13.6 Å². The van der Waals surface area contributed by atoms with Crippen molar-refractivity contribution in [3.05, 3.63) is 59.3 Å². The molecule has 25 heavy (non-hydrogen) atoms. The van der Waals surface area contributed by atoms with Crippen molar-refractivity contribution in [2.24, 2.45) is 0 Å². The molecule has 0 saturated carbocycles. The normalized spacial score (nSPS) is 11.7. The first-order chi connectivity index (χ1) is 11.9. The monoisotopic (exact) mass is 348 g/mol. The predicted molar refractivity (Wildman–Crippen MR) is 93.5 cm³/mol. The van der Waals surface area contributed by atoms with Crippen LogP contribution in [0.15, 0.2) is 36.5 Å². The molecular formula is C18H22F2N4O. The summed E-state index contributed by atoms with van der Waals surface area (Å²) in [4.78, 5) is 18.1. The largest absolute Gasteiger partial charge is 0.363 e. The van der Waals surface area contributed by atoms with E-state index in [0.29, 0.717) is 6.54 Å². The molecule has 2 amide bonds. The molecule has 1 unspecified atom stereocenters. The highest BCUT2D eigenvalue weighted by Gasteiger charge is 2.14. The average Bonchev–Trinajstić information content (AvgIpc) is 2.57. The van der Waals surface area contributed by atoms with Crippen molar-refractivity contribution in [3.63, 3.8) is 0 Å². The number of nitrogens with zero attached hydrogens (tertiary/aromatic N) is 2. The van der Waals surface area contributed by atoms with Gasteiger partial charge in [0.25, 0.3) is 0 Å². The molecule has 1 aromatic carbocycles. The van der Waals surface area contributed by atoms with E-state index in [9.17, 15) is 13.6 Å². The SMILES string of the molecule is CC(Cc1c(F)cccc1F)NC(=O)NCc1ccc(N(C)C)nc1. The van der Waals surface area contributed by atoms with Crippen LogP contribution >= 0.6 is 0 Å². The summed E-state index contributed by atoms with van der Waals surface area (Å²) in [6.45, 7) is 2.01. The van der Waals surface area contributed by atoms with Gasteiger partial charge in [0.1, 0.15) is 17.5 Å². The molecule has 1 atom stereocenters. The number of carbonyl (C=O) groups excluding carboxylic acids is 1. The lowest BCUT2D eigenvalue weighted by Gasteiger charge is -2.16. The number of carbonyl (C=O) groups is 1. The third kappa shape index (κ3) is 5.41. The molecule has 0 aliphatic carbocycles. The second kappa shape index (κ2) is 8.41. The Morgan fingerprint density at radius 2 is 1.88 bits per heavy atom. The van der Waals surface area contributed by atoms with Crippen LogP contribution in [0, 0.1) is 11.6 Å². The second-order valence-electron chi connectivity index (χ2n) is 6.05. The summed E-state index contributed by atoms with van der Waals surface area (Å²) in [5, 5.41) is 5.37. The quantitative estimate of drug-likeness (QED) is 0.844. The summed E-state index contributed by atoms with van der Waals surface area (Å²) >= 11 is 0. The lowest BCUT2D eigenvalue weighted by Crippen LogP contribution is -2.41. The topological polar surface area (TPSA) is 57.3 Å². The first-order valence-corrected chi connectivity index (χ1v) is 7.96. The minimum atomic E-state index is -0.610. The Bertz CT molecular complexity index is 699. The lowest BCUT2D eigenvalue weighted by molar-refractivity contribution is 0.237. The van der Waals surface area contributed by atoms with Crippen molar-refractivity contribution in [3.8, 4) is 0 Å². The zero-order valence-electron chi connectivity index (χ0n) is 14.5. The van der Waals surface area contributed by atoms with E-state index in [0.717, 1.165) is 11.4 Å². The van der Waals surface area contributed by atoms with Gasteiger partial charge >= 0.3 is 6.03 Å². The van der Waals surface area contributed by atoms with Gasteiger partial charge in [-0.25, -0.2) is 18.6 Å². The summed E-state index contributed by atoms with van der Waals surface area (Å²) in [5.41, 5.74) is 0.826. The van der Waals surface area contributed by atoms with Gasteiger partial charge in [-0.3, -0.25) is 0 Å². The van der Waals surface area contributed by atoms with E-state index in [4.69, 9.17) is 0 Å². The minimum Gasteiger partial charge on any atom is -0.363 e. The Morgan fingerprint density at radius 1 is 1.20 bits per heavy atom. The van der Waals surface area contributed by atoms with E-state index in [1.165, 1.54) is 18.2 Å². The molecule has 0 radical (unpaired) electrons. The number of halogens is 2. The van der Waals surface area contributed by atoms with Gasteiger partial charge in [0, 0.05) is 38.4 Å². The molecule has 2 rings (SSSR count). The van der Waals surface area contributed by atoms with Crippen LogP contribution in [0.2, 0.25) is 0 Å². The van der Waals surface area contributed by atoms with Gasteiger partial charge in [-0.2, -0.15) is 0 Å². The number of nitrogens with one attached hydrogen (secondary N) is 2. The van der Waals surface area contributed by atoms with Crippen LogP contribution in [0.25, 0.3) is 0 Å². The number of amides is 2. The molecule has 0 fully saturated rings. The van der Waals surface area contributed by atoms with Crippen molar-refractivity contribution in [1.29, 1.82) is 0 Å². The van der Waals surface area contributed by atoms with E-state index in [-0.39, 0.29) is 12.0 Å². The van der Waals surface area contributed by atoms with Gasteiger partial charge in [-0.05, 0) is 37.1 Å². The fraction of sp³-hybridized carbons (Fsp3) is 0.333. The Labute approximate surface area is 146 Å². The maximum Gasteiger partial charge on any atom is 0.315 e. The predicted octanol–water partition coefficient (Wildman–Crippen LogP) is 2.86. The van der Waals surface area contributed by atoms with Gasteiger partial charge < -0.3 is 15.5 Å². The zero-order valence-corrected chi connectivity index (χ0v) is 14.5. The lowest BCUT2D eigenvalue weighted by atomic mass is 10.1. The minimum absolute atomic E-state index is 0.0289. The molecule has 134 valence electrons. The summed E-state index contributed by atoms with van der Waals surface area (Å²) in [6, 6.07) is 6.64. The highest BCUT2D eigenvalue weighted by Crippen LogP contribution is 2.14. The number of urea groups is 1. The van der Waals surface area contributed by atoms with Crippen LogP contribution in [0.4, 0.5) is 19.4 Å². The number of aromatic nitrogens is 1. The summed E-state index contributed by atoms with van der Waals surface area (Å²) < 4.78 is 27.3. The highest BCUT2D eigenvalue weighted by atomic mass is 19.1. The fourth-order valence-corrected chi connectivity index (χ4v) is 2.33. The number of anilines is 1. The fourth-order valence-electron chi connectivity index (χ4n) is 2.33. The maximum atomic E-state index is 13.6. The van der Waals surface area contributed by atoms with Gasteiger partial charge in [-0.1, -0.05) is 12.1 Å². The third-order valence-corrected chi connectivity index (χ3v) is 3.67. The van der Waals surface area contributed by atoms with Crippen LogP contribution in [0.5, 0.6) is 0 Å². The van der Waals surface area contributed by atoms with Crippen LogP contribution in [-0.2, 0) is 13.0 Å². The molecule has 0 aliphatic heterocycles. The number of pyridine rings is 1. The van der Waals surface area contributed by atoms with Gasteiger partial charge in [0.2, 0.25) is 0 Å². The first kappa shape index (κ1) is 18.6. The van der Waals surface area contributed by atoms with Crippen molar-refractivity contribution in [1.82, 2.24) is 15.6 Å². The molecule has 0 spiro atoms. The molecular weight excluding hydrogens is 326 g/mol. The summed E-state index contributed by atoms with van der Waals surface area (Å²) in [6.07, 6.45) is 1.76. The molecule has 0 bridgehead atoms. The number of hydrogen-bond donors (Lipinski definition) is 2. The van der Waals surface area contributed by atoms with Crippen molar-refractivity contribution in [2.75, 3.05) is 19.0 Å². The molecule has 2 N–H and O–H groups in total.